The normalized spacial score (nSPS) is 10.4. The van der Waals surface area contributed by atoms with Gasteiger partial charge in [-0.05, 0) is 90.3 Å². The van der Waals surface area contributed by atoms with Crippen molar-refractivity contribution in [2.24, 2.45) is 0 Å². The average Bonchev–Trinajstić information content (AvgIpc) is 2.34. The van der Waals surface area contributed by atoms with Crippen LogP contribution in [-0.2, 0) is 6.54 Å². The number of halogens is 4. The number of rotatable bonds is 3. The molecule has 18 heavy (non-hydrogen) atoms. The Balaban J connectivity index is 2.11. The van der Waals surface area contributed by atoms with Gasteiger partial charge in [0.25, 0.3) is 0 Å². The van der Waals surface area contributed by atoms with Crippen LogP contribution in [0.1, 0.15) is 5.56 Å². The van der Waals surface area contributed by atoms with E-state index >= 15 is 0 Å². The Hall–Kier alpha value is 0.220. The maximum Gasteiger partial charge on any atom is 0.0551 e. The van der Waals surface area contributed by atoms with Gasteiger partial charge >= 0.3 is 0 Å². The van der Waals surface area contributed by atoms with Crippen LogP contribution in [-0.4, -0.2) is 0 Å². The lowest BCUT2D eigenvalue weighted by Gasteiger charge is -2.10. The van der Waals surface area contributed by atoms with Crippen LogP contribution >= 0.6 is 66.1 Å². The number of hydrogen-bond acceptors (Lipinski definition) is 1. The predicted molar refractivity (Wildman–Crippen MR) is 93.3 cm³/mol. The summed E-state index contributed by atoms with van der Waals surface area (Å²) in [5, 5.41) is 4.12. The van der Waals surface area contributed by atoms with Crippen molar-refractivity contribution in [1.82, 2.24) is 0 Å². The minimum absolute atomic E-state index is 0.732. The smallest absolute Gasteiger partial charge is 0.0551 e. The van der Waals surface area contributed by atoms with Crippen molar-refractivity contribution in [2.45, 2.75) is 6.54 Å². The number of hydrogen-bond donors (Lipinski definition) is 1. The van der Waals surface area contributed by atoms with E-state index in [1.165, 1.54) is 3.57 Å². The molecule has 2 aromatic carbocycles. The maximum absolute atomic E-state index is 6.07. The summed E-state index contributed by atoms with van der Waals surface area (Å²) >= 11 is 15.3. The van der Waals surface area contributed by atoms with Crippen LogP contribution in [0.3, 0.4) is 0 Å². The van der Waals surface area contributed by atoms with E-state index in [2.05, 4.69) is 71.9 Å². The van der Waals surface area contributed by atoms with Crippen molar-refractivity contribution in [2.75, 3.05) is 5.32 Å². The van der Waals surface area contributed by atoms with Crippen molar-refractivity contribution in [1.29, 1.82) is 0 Å². The molecule has 0 aliphatic heterocycles. The van der Waals surface area contributed by atoms with Crippen molar-refractivity contribution < 1.29 is 0 Å². The lowest BCUT2D eigenvalue weighted by atomic mass is 10.2. The topological polar surface area (TPSA) is 12.0 Å². The second-order valence-corrected chi connectivity index (χ2v) is 7.09. The van der Waals surface area contributed by atoms with Crippen LogP contribution in [0, 0.1) is 3.57 Å². The van der Waals surface area contributed by atoms with Crippen molar-refractivity contribution >= 4 is 71.7 Å². The fraction of sp³-hybridized carbons (Fsp3) is 0.0769. The van der Waals surface area contributed by atoms with Gasteiger partial charge in [0.15, 0.2) is 0 Å². The van der Waals surface area contributed by atoms with Gasteiger partial charge in [0.05, 0.1) is 5.02 Å². The molecule has 1 N–H and O–H groups in total. The summed E-state index contributed by atoms with van der Waals surface area (Å²) in [7, 11) is 0. The third-order valence-electron chi connectivity index (χ3n) is 2.40. The van der Waals surface area contributed by atoms with E-state index < -0.39 is 0 Å². The summed E-state index contributed by atoms with van der Waals surface area (Å²) in [5.41, 5.74) is 2.23. The summed E-state index contributed by atoms with van der Waals surface area (Å²) in [6.45, 7) is 0.742. The maximum atomic E-state index is 6.07. The highest BCUT2D eigenvalue weighted by atomic mass is 127. The minimum Gasteiger partial charge on any atom is -0.380 e. The van der Waals surface area contributed by atoms with Gasteiger partial charge in [-0.3, -0.25) is 0 Å². The molecule has 0 aliphatic carbocycles. The predicted octanol–water partition coefficient (Wildman–Crippen LogP) is 6.08. The van der Waals surface area contributed by atoms with Crippen LogP contribution < -0.4 is 5.32 Å². The summed E-state index contributed by atoms with van der Waals surface area (Å²) in [5.74, 6) is 0. The molecule has 0 unspecified atom stereocenters. The van der Waals surface area contributed by atoms with Gasteiger partial charge < -0.3 is 5.32 Å². The zero-order chi connectivity index (χ0) is 13.1. The minimum atomic E-state index is 0.732. The molecule has 2 aromatic rings. The van der Waals surface area contributed by atoms with E-state index in [0.29, 0.717) is 0 Å². The largest absolute Gasteiger partial charge is 0.380 e. The molecule has 0 fully saturated rings. The van der Waals surface area contributed by atoms with Crippen molar-refractivity contribution in [3.05, 3.63) is 59.5 Å². The lowest BCUT2D eigenvalue weighted by Crippen LogP contribution is -2.00. The molecule has 0 atom stereocenters. The molecular formula is C13H9Br2ClIN. The third kappa shape index (κ3) is 3.85. The highest BCUT2D eigenvalue weighted by Gasteiger charge is 2.02. The second kappa shape index (κ2) is 6.59. The fourth-order valence-corrected chi connectivity index (χ4v) is 2.81. The molecule has 2 rings (SSSR count). The summed E-state index contributed by atoms with van der Waals surface area (Å²) in [6.07, 6.45) is 0. The highest BCUT2D eigenvalue weighted by Crippen LogP contribution is 2.26. The highest BCUT2D eigenvalue weighted by molar-refractivity contribution is 14.1. The van der Waals surface area contributed by atoms with Crippen LogP contribution in [0.25, 0.3) is 0 Å². The van der Waals surface area contributed by atoms with Crippen molar-refractivity contribution in [3.8, 4) is 0 Å². The van der Waals surface area contributed by atoms with Gasteiger partial charge in [0, 0.05) is 24.7 Å². The first-order valence-corrected chi connectivity index (χ1v) is 8.23. The van der Waals surface area contributed by atoms with Crippen LogP contribution in [0.2, 0.25) is 5.02 Å². The van der Waals surface area contributed by atoms with Gasteiger partial charge in [-0.25, -0.2) is 0 Å². The monoisotopic (exact) mass is 499 g/mol. The molecule has 0 aromatic heterocycles. The molecule has 5 heteroatoms. The van der Waals surface area contributed by atoms with Gasteiger partial charge in [-0.15, -0.1) is 0 Å². The lowest BCUT2D eigenvalue weighted by molar-refractivity contribution is 1.14. The van der Waals surface area contributed by atoms with E-state index in [1.807, 2.05) is 24.3 Å². The summed E-state index contributed by atoms with van der Waals surface area (Å²) in [6, 6.07) is 12.2. The number of anilines is 1. The van der Waals surface area contributed by atoms with E-state index in [9.17, 15) is 0 Å². The zero-order valence-corrected chi connectivity index (χ0v) is 15.3. The standard InChI is InChI=1S/C13H9Br2ClIN/c14-10-3-1-8(5-12(10)16)7-18-13-6-9(17)2-4-11(13)15/h1-6,18H,7H2. The Bertz CT molecular complexity index is 575. The zero-order valence-electron chi connectivity index (χ0n) is 9.18. The molecule has 0 heterocycles. The molecule has 94 valence electrons. The molecule has 1 nitrogen and oxygen atoms in total. The third-order valence-corrected chi connectivity index (χ3v) is 4.99. The molecule has 0 aliphatic rings. The Morgan fingerprint density at radius 1 is 1.06 bits per heavy atom. The fourth-order valence-electron chi connectivity index (χ4n) is 1.48. The van der Waals surface area contributed by atoms with Crippen LogP contribution in [0.15, 0.2) is 45.3 Å². The summed E-state index contributed by atoms with van der Waals surface area (Å²) < 4.78 is 3.18. The van der Waals surface area contributed by atoms with Crippen LogP contribution in [0.5, 0.6) is 0 Å². The van der Waals surface area contributed by atoms with Crippen LogP contribution in [0.4, 0.5) is 5.69 Å². The van der Waals surface area contributed by atoms with Gasteiger partial charge in [0.1, 0.15) is 0 Å². The molecule has 0 bridgehead atoms. The first-order valence-electron chi connectivity index (χ1n) is 5.19. The second-order valence-electron chi connectivity index (χ2n) is 3.73. The van der Waals surface area contributed by atoms with E-state index in [4.69, 9.17) is 11.6 Å². The molecule has 0 amide bonds. The van der Waals surface area contributed by atoms with Crippen molar-refractivity contribution in [3.63, 3.8) is 0 Å². The van der Waals surface area contributed by atoms with Gasteiger partial charge in [0.2, 0.25) is 0 Å². The Morgan fingerprint density at radius 2 is 1.78 bits per heavy atom. The van der Waals surface area contributed by atoms with Gasteiger partial charge in [-0.2, -0.15) is 0 Å². The molecule has 0 saturated heterocycles. The van der Waals surface area contributed by atoms with E-state index in [-0.39, 0.29) is 0 Å². The quantitative estimate of drug-likeness (QED) is 0.503. The summed E-state index contributed by atoms with van der Waals surface area (Å²) in [4.78, 5) is 0. The molecular weight excluding hydrogens is 492 g/mol. The SMILES string of the molecule is Clc1cc(CNc2cc(I)ccc2Br)ccc1Br. The van der Waals surface area contributed by atoms with E-state index in [1.54, 1.807) is 0 Å². The molecule has 0 saturated carbocycles. The Morgan fingerprint density at radius 3 is 2.50 bits per heavy atom. The average molecular weight is 501 g/mol. The molecule has 0 spiro atoms. The Labute approximate surface area is 142 Å². The number of benzene rings is 2. The molecule has 0 radical (unpaired) electrons. The first-order chi connectivity index (χ1) is 8.56. The Kier molecular flexibility index (Phi) is 5.35. The number of nitrogens with one attached hydrogen (secondary N) is 1. The van der Waals surface area contributed by atoms with Gasteiger partial charge in [-0.1, -0.05) is 17.7 Å². The van der Waals surface area contributed by atoms with E-state index in [0.717, 1.165) is 31.8 Å². The first kappa shape index (κ1) is 14.6.